The third-order valence-corrected chi connectivity index (χ3v) is 4.35. The van der Waals surface area contributed by atoms with E-state index in [1.54, 1.807) is 11.1 Å². The molecule has 0 spiro atoms. The van der Waals surface area contributed by atoms with Crippen LogP contribution in [0.5, 0.6) is 0 Å². The summed E-state index contributed by atoms with van der Waals surface area (Å²) < 4.78 is 5.35. The average molecular weight is 325 g/mol. The van der Waals surface area contributed by atoms with Gasteiger partial charge in [0.25, 0.3) is 5.91 Å². The van der Waals surface area contributed by atoms with Crippen LogP contribution in [0.25, 0.3) is 0 Å². The van der Waals surface area contributed by atoms with Crippen molar-refractivity contribution < 1.29 is 9.53 Å². The van der Waals surface area contributed by atoms with Crippen LogP contribution in [0.15, 0.2) is 42.6 Å². The largest absolute Gasteiger partial charge is 0.378 e. The Kier molecular flexibility index (Phi) is 5.11. The number of nitrogens with zero attached hydrogens (tertiary/aromatic N) is 3. The number of hydrogen-bond acceptors (Lipinski definition) is 4. The lowest BCUT2D eigenvalue weighted by Crippen LogP contribution is -2.36. The Morgan fingerprint density at radius 3 is 2.62 bits per heavy atom. The summed E-state index contributed by atoms with van der Waals surface area (Å²) in [4.78, 5) is 21.0. The molecule has 0 bridgehead atoms. The van der Waals surface area contributed by atoms with Gasteiger partial charge >= 0.3 is 0 Å². The van der Waals surface area contributed by atoms with Gasteiger partial charge < -0.3 is 14.5 Å². The second-order valence-corrected chi connectivity index (χ2v) is 6.09. The second-order valence-electron chi connectivity index (χ2n) is 6.09. The van der Waals surface area contributed by atoms with Crippen molar-refractivity contribution in [3.8, 4) is 0 Å². The minimum absolute atomic E-state index is 0.0146. The zero-order chi connectivity index (χ0) is 16.9. The number of amides is 1. The molecule has 0 atom stereocenters. The Morgan fingerprint density at radius 2 is 1.96 bits per heavy atom. The molecule has 5 nitrogen and oxygen atoms in total. The van der Waals surface area contributed by atoms with Gasteiger partial charge in [0.2, 0.25) is 0 Å². The topological polar surface area (TPSA) is 45.7 Å². The maximum Gasteiger partial charge on any atom is 0.255 e. The number of anilines is 1. The lowest BCUT2D eigenvalue weighted by Gasteiger charge is -2.27. The molecule has 1 amide bonds. The Morgan fingerprint density at radius 1 is 1.21 bits per heavy atom. The van der Waals surface area contributed by atoms with E-state index in [1.165, 1.54) is 5.56 Å². The Bertz CT molecular complexity index is 694. The van der Waals surface area contributed by atoms with Crippen molar-refractivity contribution in [3.63, 3.8) is 0 Å². The van der Waals surface area contributed by atoms with Crippen LogP contribution in [0, 0.1) is 6.92 Å². The van der Waals surface area contributed by atoms with E-state index in [0.29, 0.717) is 12.1 Å². The van der Waals surface area contributed by atoms with E-state index in [9.17, 15) is 4.79 Å². The van der Waals surface area contributed by atoms with Gasteiger partial charge in [0.15, 0.2) is 0 Å². The monoisotopic (exact) mass is 325 g/mol. The normalized spacial score (nSPS) is 14.5. The molecule has 1 aromatic heterocycles. The molecule has 5 heteroatoms. The molecule has 0 saturated carbocycles. The fourth-order valence-electron chi connectivity index (χ4n) is 2.83. The van der Waals surface area contributed by atoms with Crippen LogP contribution in [0.1, 0.15) is 21.5 Å². The number of carbonyl (C=O) groups is 1. The minimum Gasteiger partial charge on any atom is -0.378 e. The molecule has 1 aliphatic heterocycles. The smallest absolute Gasteiger partial charge is 0.255 e. The van der Waals surface area contributed by atoms with Crippen LogP contribution in [0.3, 0.4) is 0 Å². The number of morpholine rings is 1. The Labute approximate surface area is 142 Å². The van der Waals surface area contributed by atoms with Crippen LogP contribution in [0.2, 0.25) is 0 Å². The van der Waals surface area contributed by atoms with Crippen molar-refractivity contribution in [3.05, 3.63) is 59.3 Å². The summed E-state index contributed by atoms with van der Waals surface area (Å²) in [6, 6.07) is 11.9. The van der Waals surface area contributed by atoms with Gasteiger partial charge in [-0.15, -0.1) is 0 Å². The van der Waals surface area contributed by atoms with Gasteiger partial charge in [-0.3, -0.25) is 4.79 Å². The summed E-state index contributed by atoms with van der Waals surface area (Å²) in [7, 11) is 1.82. The maximum absolute atomic E-state index is 12.6. The first kappa shape index (κ1) is 16.5. The number of hydrogen-bond donors (Lipinski definition) is 0. The molecule has 2 aromatic rings. The first-order chi connectivity index (χ1) is 11.6. The lowest BCUT2D eigenvalue weighted by molar-refractivity contribution is 0.0784. The third kappa shape index (κ3) is 3.74. The summed E-state index contributed by atoms with van der Waals surface area (Å²) in [6.45, 7) is 5.78. The molecule has 0 aliphatic carbocycles. The quantitative estimate of drug-likeness (QED) is 0.866. The Hall–Kier alpha value is -2.40. The molecular formula is C19H23N3O2. The van der Waals surface area contributed by atoms with Gasteiger partial charge in [0, 0.05) is 32.9 Å². The summed E-state index contributed by atoms with van der Waals surface area (Å²) in [5, 5.41) is 0. The first-order valence-corrected chi connectivity index (χ1v) is 8.24. The van der Waals surface area contributed by atoms with Crippen LogP contribution in [-0.4, -0.2) is 49.1 Å². The fraction of sp³-hybridized carbons (Fsp3) is 0.368. The van der Waals surface area contributed by atoms with Gasteiger partial charge in [0.05, 0.1) is 18.8 Å². The SMILES string of the molecule is Cc1ccccc1CN(C)C(=O)c1ccc(N2CCOCC2)nc1. The van der Waals surface area contributed by atoms with Gasteiger partial charge in [-0.25, -0.2) is 4.98 Å². The number of benzene rings is 1. The Balaban J connectivity index is 1.67. The highest BCUT2D eigenvalue weighted by Crippen LogP contribution is 2.15. The number of aromatic nitrogens is 1. The number of pyridine rings is 1. The van der Waals surface area contributed by atoms with E-state index in [4.69, 9.17) is 4.74 Å². The van der Waals surface area contributed by atoms with Gasteiger partial charge in [-0.2, -0.15) is 0 Å². The van der Waals surface area contributed by atoms with E-state index in [-0.39, 0.29) is 5.91 Å². The van der Waals surface area contributed by atoms with Crippen LogP contribution < -0.4 is 4.90 Å². The molecule has 0 unspecified atom stereocenters. The third-order valence-electron chi connectivity index (χ3n) is 4.35. The first-order valence-electron chi connectivity index (χ1n) is 8.24. The number of rotatable bonds is 4. The lowest BCUT2D eigenvalue weighted by atomic mass is 10.1. The second kappa shape index (κ2) is 7.45. The predicted molar refractivity (Wildman–Crippen MR) is 94.2 cm³/mol. The van der Waals surface area contributed by atoms with E-state index in [0.717, 1.165) is 37.7 Å². The van der Waals surface area contributed by atoms with E-state index >= 15 is 0 Å². The summed E-state index contributed by atoms with van der Waals surface area (Å²) in [5.74, 6) is 0.885. The van der Waals surface area contributed by atoms with Gasteiger partial charge in [0.1, 0.15) is 5.82 Å². The van der Waals surface area contributed by atoms with Gasteiger partial charge in [-0.05, 0) is 30.2 Å². The van der Waals surface area contributed by atoms with Crippen molar-refractivity contribution in [1.82, 2.24) is 9.88 Å². The molecule has 1 saturated heterocycles. The molecule has 1 aromatic carbocycles. The van der Waals surface area contributed by atoms with Crippen molar-refractivity contribution >= 4 is 11.7 Å². The highest BCUT2D eigenvalue weighted by molar-refractivity contribution is 5.93. The van der Waals surface area contributed by atoms with E-state index < -0.39 is 0 Å². The summed E-state index contributed by atoms with van der Waals surface area (Å²) in [6.07, 6.45) is 1.67. The minimum atomic E-state index is -0.0146. The zero-order valence-electron chi connectivity index (χ0n) is 14.2. The maximum atomic E-state index is 12.6. The molecule has 0 N–H and O–H groups in total. The van der Waals surface area contributed by atoms with Crippen molar-refractivity contribution in [2.45, 2.75) is 13.5 Å². The molecule has 1 fully saturated rings. The van der Waals surface area contributed by atoms with E-state index in [2.05, 4.69) is 28.9 Å². The van der Waals surface area contributed by atoms with Crippen LogP contribution in [-0.2, 0) is 11.3 Å². The highest BCUT2D eigenvalue weighted by Gasteiger charge is 2.16. The molecule has 126 valence electrons. The van der Waals surface area contributed by atoms with Crippen molar-refractivity contribution in [2.24, 2.45) is 0 Å². The number of ether oxygens (including phenoxy) is 1. The number of aryl methyl sites for hydroxylation is 1. The molecule has 24 heavy (non-hydrogen) atoms. The average Bonchev–Trinajstić information content (AvgIpc) is 2.64. The van der Waals surface area contributed by atoms with Crippen LogP contribution >= 0.6 is 0 Å². The van der Waals surface area contributed by atoms with E-state index in [1.807, 2.05) is 31.3 Å². The number of carbonyl (C=O) groups excluding carboxylic acids is 1. The highest BCUT2D eigenvalue weighted by atomic mass is 16.5. The zero-order valence-corrected chi connectivity index (χ0v) is 14.2. The molecule has 3 rings (SSSR count). The fourth-order valence-corrected chi connectivity index (χ4v) is 2.83. The van der Waals surface area contributed by atoms with Crippen molar-refractivity contribution in [2.75, 3.05) is 38.3 Å². The van der Waals surface area contributed by atoms with Gasteiger partial charge in [-0.1, -0.05) is 24.3 Å². The standard InChI is InChI=1S/C19H23N3O2/c1-15-5-3-4-6-17(15)14-21(2)19(23)16-7-8-18(20-13-16)22-9-11-24-12-10-22/h3-8,13H,9-12,14H2,1-2H3. The van der Waals surface area contributed by atoms with Crippen LogP contribution in [0.4, 0.5) is 5.82 Å². The summed E-state index contributed by atoms with van der Waals surface area (Å²) >= 11 is 0. The molecular weight excluding hydrogens is 302 g/mol. The predicted octanol–water partition coefficient (Wildman–Crippen LogP) is 2.50. The molecule has 0 radical (unpaired) electrons. The summed E-state index contributed by atoms with van der Waals surface area (Å²) in [5.41, 5.74) is 2.97. The van der Waals surface area contributed by atoms with Crippen molar-refractivity contribution in [1.29, 1.82) is 0 Å². The molecule has 2 heterocycles. The molecule has 1 aliphatic rings.